The third-order valence-electron chi connectivity index (χ3n) is 2.90. The molecule has 1 amide bonds. The van der Waals surface area contributed by atoms with Crippen LogP contribution in [0.4, 0.5) is 5.69 Å². The van der Waals surface area contributed by atoms with Crippen LogP contribution in [0.1, 0.15) is 6.92 Å². The molecule has 0 atom stereocenters. The first kappa shape index (κ1) is 13.9. The number of hydrogen-bond acceptors (Lipinski definition) is 3. The van der Waals surface area contributed by atoms with Crippen molar-refractivity contribution in [3.63, 3.8) is 0 Å². The molecule has 104 valence electrons. The molecule has 2 aromatic rings. The highest BCUT2D eigenvalue weighted by Crippen LogP contribution is 2.34. The predicted molar refractivity (Wildman–Crippen MR) is 79.3 cm³/mol. The summed E-state index contributed by atoms with van der Waals surface area (Å²) in [6, 6.07) is 13.2. The first-order valence-electron chi connectivity index (χ1n) is 6.24. The summed E-state index contributed by atoms with van der Waals surface area (Å²) in [4.78, 5) is 11.1. The average molecular weight is 271 g/mol. The van der Waals surface area contributed by atoms with Gasteiger partial charge in [-0.1, -0.05) is 12.1 Å². The zero-order chi connectivity index (χ0) is 14.5. The Morgan fingerprint density at radius 3 is 2.50 bits per heavy atom. The highest BCUT2D eigenvalue weighted by Gasteiger charge is 2.08. The molecular formula is C16H17NO3. The average Bonchev–Trinajstić information content (AvgIpc) is 2.46. The van der Waals surface area contributed by atoms with Crippen LogP contribution in [0.2, 0.25) is 0 Å². The lowest BCUT2D eigenvalue weighted by Crippen LogP contribution is -2.05. The van der Waals surface area contributed by atoms with E-state index in [0.29, 0.717) is 0 Å². The van der Waals surface area contributed by atoms with Gasteiger partial charge in [-0.05, 0) is 35.9 Å². The quantitative estimate of drug-likeness (QED) is 0.927. The van der Waals surface area contributed by atoms with E-state index >= 15 is 0 Å². The molecule has 0 heterocycles. The van der Waals surface area contributed by atoms with Crippen molar-refractivity contribution >= 4 is 11.6 Å². The highest BCUT2D eigenvalue weighted by molar-refractivity contribution is 5.89. The lowest BCUT2D eigenvalue weighted by molar-refractivity contribution is -0.114. The van der Waals surface area contributed by atoms with Crippen LogP contribution in [0.15, 0.2) is 42.5 Å². The Morgan fingerprint density at radius 1 is 1.05 bits per heavy atom. The van der Waals surface area contributed by atoms with E-state index in [-0.39, 0.29) is 5.91 Å². The van der Waals surface area contributed by atoms with Gasteiger partial charge in [0.15, 0.2) is 0 Å². The Morgan fingerprint density at radius 2 is 1.85 bits per heavy atom. The van der Waals surface area contributed by atoms with Gasteiger partial charge in [-0.15, -0.1) is 0 Å². The van der Waals surface area contributed by atoms with Crippen LogP contribution >= 0.6 is 0 Å². The zero-order valence-corrected chi connectivity index (χ0v) is 11.8. The molecule has 2 rings (SSSR count). The molecule has 1 N–H and O–H groups in total. The number of anilines is 1. The van der Waals surface area contributed by atoms with E-state index in [4.69, 9.17) is 9.47 Å². The van der Waals surface area contributed by atoms with Crippen molar-refractivity contribution < 1.29 is 14.3 Å². The van der Waals surface area contributed by atoms with Gasteiger partial charge < -0.3 is 14.8 Å². The van der Waals surface area contributed by atoms with Gasteiger partial charge in [0.1, 0.15) is 11.5 Å². The van der Waals surface area contributed by atoms with Crippen molar-refractivity contribution in [2.75, 3.05) is 19.5 Å². The molecule has 0 aliphatic carbocycles. The van der Waals surface area contributed by atoms with E-state index < -0.39 is 0 Å². The summed E-state index contributed by atoms with van der Waals surface area (Å²) < 4.78 is 10.6. The van der Waals surface area contributed by atoms with E-state index in [1.165, 1.54) is 6.92 Å². The second-order valence-corrected chi connectivity index (χ2v) is 4.33. The van der Waals surface area contributed by atoms with Crippen LogP contribution in [-0.4, -0.2) is 20.1 Å². The molecule has 20 heavy (non-hydrogen) atoms. The minimum absolute atomic E-state index is 0.0974. The number of rotatable bonds is 4. The van der Waals surface area contributed by atoms with Crippen molar-refractivity contribution in [3.8, 4) is 22.6 Å². The zero-order valence-electron chi connectivity index (χ0n) is 11.8. The van der Waals surface area contributed by atoms with Gasteiger partial charge in [-0.25, -0.2) is 0 Å². The van der Waals surface area contributed by atoms with Crippen LogP contribution in [0.3, 0.4) is 0 Å². The van der Waals surface area contributed by atoms with Crippen LogP contribution in [0.5, 0.6) is 11.5 Å². The molecule has 4 heteroatoms. The van der Waals surface area contributed by atoms with Crippen LogP contribution in [0, 0.1) is 0 Å². The van der Waals surface area contributed by atoms with Crippen molar-refractivity contribution in [1.82, 2.24) is 0 Å². The lowest BCUT2D eigenvalue weighted by atomic mass is 10.0. The second-order valence-electron chi connectivity index (χ2n) is 4.33. The predicted octanol–water partition coefficient (Wildman–Crippen LogP) is 3.33. The number of carbonyl (C=O) groups excluding carboxylic acids is 1. The summed E-state index contributed by atoms with van der Waals surface area (Å²) in [6.07, 6.45) is 0. The smallest absolute Gasteiger partial charge is 0.221 e. The molecule has 0 aliphatic rings. The molecule has 0 fully saturated rings. The minimum Gasteiger partial charge on any atom is -0.497 e. The van der Waals surface area contributed by atoms with Crippen LogP contribution < -0.4 is 14.8 Å². The van der Waals surface area contributed by atoms with E-state index in [1.807, 2.05) is 42.5 Å². The molecule has 4 nitrogen and oxygen atoms in total. The van der Waals surface area contributed by atoms with E-state index in [0.717, 1.165) is 28.3 Å². The van der Waals surface area contributed by atoms with E-state index in [2.05, 4.69) is 5.32 Å². The summed E-state index contributed by atoms with van der Waals surface area (Å²) in [5.74, 6) is 1.41. The molecule has 2 aromatic carbocycles. The summed E-state index contributed by atoms with van der Waals surface area (Å²) in [7, 11) is 3.25. The summed E-state index contributed by atoms with van der Waals surface area (Å²) in [6.45, 7) is 1.48. The SMILES string of the molecule is COc1ccc(OC)c(-c2cccc(NC(C)=O)c2)c1. The lowest BCUT2D eigenvalue weighted by Gasteiger charge is -2.12. The molecule has 0 saturated carbocycles. The van der Waals surface area contributed by atoms with Crippen molar-refractivity contribution in [3.05, 3.63) is 42.5 Å². The number of carbonyl (C=O) groups is 1. The van der Waals surface area contributed by atoms with Gasteiger partial charge in [0.2, 0.25) is 5.91 Å². The second kappa shape index (κ2) is 6.10. The fraction of sp³-hybridized carbons (Fsp3) is 0.188. The van der Waals surface area contributed by atoms with Crippen molar-refractivity contribution in [2.24, 2.45) is 0 Å². The summed E-state index contributed by atoms with van der Waals surface area (Å²) in [5, 5.41) is 2.77. The van der Waals surface area contributed by atoms with Crippen molar-refractivity contribution in [1.29, 1.82) is 0 Å². The molecule has 0 aromatic heterocycles. The Hall–Kier alpha value is -2.49. The van der Waals surface area contributed by atoms with Crippen LogP contribution in [0.25, 0.3) is 11.1 Å². The fourth-order valence-electron chi connectivity index (χ4n) is 2.01. The third-order valence-corrected chi connectivity index (χ3v) is 2.90. The first-order chi connectivity index (χ1) is 9.63. The number of hydrogen-bond donors (Lipinski definition) is 1. The topological polar surface area (TPSA) is 47.6 Å². The number of nitrogens with one attached hydrogen (secondary N) is 1. The van der Waals surface area contributed by atoms with E-state index in [9.17, 15) is 4.79 Å². The molecule has 0 spiro atoms. The first-order valence-corrected chi connectivity index (χ1v) is 6.24. The van der Waals surface area contributed by atoms with Crippen LogP contribution in [-0.2, 0) is 4.79 Å². The minimum atomic E-state index is -0.0974. The normalized spacial score (nSPS) is 9.95. The van der Waals surface area contributed by atoms with Gasteiger partial charge >= 0.3 is 0 Å². The summed E-state index contributed by atoms with van der Waals surface area (Å²) >= 11 is 0. The fourth-order valence-corrected chi connectivity index (χ4v) is 2.01. The maximum absolute atomic E-state index is 11.1. The van der Waals surface area contributed by atoms with Gasteiger partial charge in [-0.2, -0.15) is 0 Å². The Balaban J connectivity index is 2.46. The molecular weight excluding hydrogens is 254 g/mol. The molecule has 0 aliphatic heterocycles. The number of methoxy groups -OCH3 is 2. The maximum Gasteiger partial charge on any atom is 0.221 e. The number of amides is 1. The standard InChI is InChI=1S/C16H17NO3/c1-11(18)17-13-6-4-5-12(9-13)15-10-14(19-2)7-8-16(15)20-3/h4-10H,1-3H3,(H,17,18). The van der Waals surface area contributed by atoms with E-state index in [1.54, 1.807) is 14.2 Å². The van der Waals surface area contributed by atoms with Crippen molar-refractivity contribution in [2.45, 2.75) is 6.92 Å². The Kier molecular flexibility index (Phi) is 4.25. The molecule has 0 unspecified atom stereocenters. The van der Waals surface area contributed by atoms with Gasteiger partial charge in [-0.3, -0.25) is 4.79 Å². The largest absolute Gasteiger partial charge is 0.497 e. The highest BCUT2D eigenvalue weighted by atomic mass is 16.5. The third kappa shape index (κ3) is 3.09. The Bertz CT molecular complexity index is 623. The summed E-state index contributed by atoms with van der Waals surface area (Å²) in [5.41, 5.74) is 2.62. The molecule has 0 bridgehead atoms. The monoisotopic (exact) mass is 271 g/mol. The molecule has 0 radical (unpaired) electrons. The molecule has 0 saturated heterocycles. The number of ether oxygens (including phenoxy) is 2. The van der Waals surface area contributed by atoms with Gasteiger partial charge in [0.25, 0.3) is 0 Å². The van der Waals surface area contributed by atoms with Gasteiger partial charge in [0.05, 0.1) is 14.2 Å². The Labute approximate surface area is 118 Å². The number of benzene rings is 2. The van der Waals surface area contributed by atoms with Gasteiger partial charge in [0, 0.05) is 18.2 Å². The maximum atomic E-state index is 11.1.